The number of Topliss-reactive ketones (excluding diaryl/α,β-unsaturated/α-hetero) is 1. The minimum atomic E-state index is -0.373. The van der Waals surface area contributed by atoms with E-state index >= 15 is 0 Å². The topological polar surface area (TPSA) is 76.2 Å². The summed E-state index contributed by atoms with van der Waals surface area (Å²) in [5.41, 5.74) is 1.46. The van der Waals surface area contributed by atoms with Crippen LogP contribution in [0.3, 0.4) is 0 Å². The molecule has 0 atom stereocenters. The molecule has 2 aromatic carbocycles. The average molecular weight is 278 g/mol. The van der Waals surface area contributed by atoms with E-state index in [2.05, 4.69) is 0 Å². The van der Waals surface area contributed by atoms with E-state index in [4.69, 9.17) is 10.00 Å². The first-order valence-electron chi connectivity index (χ1n) is 6.23. The van der Waals surface area contributed by atoms with Crippen molar-refractivity contribution in [3.63, 3.8) is 0 Å². The summed E-state index contributed by atoms with van der Waals surface area (Å²) in [4.78, 5) is 12.4. The van der Waals surface area contributed by atoms with Crippen LogP contribution in [-0.2, 0) is 0 Å². The maximum atomic E-state index is 12.4. The van der Waals surface area contributed by atoms with Crippen LogP contribution in [0, 0.1) is 16.5 Å². The molecule has 1 aliphatic heterocycles. The van der Waals surface area contributed by atoms with Crippen LogP contribution in [0.25, 0.3) is 0 Å². The number of hydrogen-bond acceptors (Lipinski definition) is 4. The highest BCUT2D eigenvalue weighted by molar-refractivity contribution is 6.52. The van der Waals surface area contributed by atoms with Gasteiger partial charge >= 0.3 is 0 Å². The summed E-state index contributed by atoms with van der Waals surface area (Å²) in [7, 11) is 1.54. The molecule has 21 heavy (non-hydrogen) atoms. The maximum Gasteiger partial charge on any atom is 0.272 e. The molecule has 1 aliphatic rings. The molecule has 3 rings (SSSR count). The van der Waals surface area contributed by atoms with Crippen molar-refractivity contribution in [2.75, 3.05) is 7.11 Å². The van der Waals surface area contributed by atoms with Crippen molar-refractivity contribution in [1.29, 1.82) is 5.26 Å². The number of nitrogens with zero attached hydrogens (tertiary/aromatic N) is 2. The smallest absolute Gasteiger partial charge is 0.272 e. The van der Waals surface area contributed by atoms with E-state index in [1.54, 1.807) is 31.4 Å². The van der Waals surface area contributed by atoms with E-state index < -0.39 is 0 Å². The van der Waals surface area contributed by atoms with Gasteiger partial charge in [-0.2, -0.15) is 10.0 Å². The highest BCUT2D eigenvalue weighted by Gasteiger charge is 2.36. The van der Waals surface area contributed by atoms with Gasteiger partial charge in [-0.15, -0.1) is 0 Å². The summed E-state index contributed by atoms with van der Waals surface area (Å²) in [5, 5.41) is 21.2. The van der Waals surface area contributed by atoms with E-state index in [1.807, 2.05) is 6.07 Å². The molecular weight excluding hydrogens is 268 g/mol. The molecule has 0 unspecified atom stereocenters. The number of ether oxygens (including phenoxy) is 1. The number of hydrogen-bond donors (Lipinski definition) is 0. The Morgan fingerprint density at radius 1 is 1.19 bits per heavy atom. The molecule has 0 aromatic heterocycles. The van der Waals surface area contributed by atoms with Gasteiger partial charge in [0, 0.05) is 6.07 Å². The standard InChI is InChI=1S/C16H10N2O3/c1-21-12-5-3-11(4-6-12)15-16(19)13-8-10(9-17)2-7-14(13)18(15)20/h2-8H,1H3. The first kappa shape index (κ1) is 12.9. The Bertz CT molecular complexity index is 814. The van der Waals surface area contributed by atoms with Gasteiger partial charge in [0.2, 0.25) is 5.69 Å². The molecule has 102 valence electrons. The van der Waals surface area contributed by atoms with E-state index in [0.29, 0.717) is 21.6 Å². The van der Waals surface area contributed by atoms with Crippen molar-refractivity contribution in [3.05, 3.63) is 64.4 Å². The lowest BCUT2D eigenvalue weighted by molar-refractivity contribution is -0.355. The molecule has 0 fully saturated rings. The number of fused-ring (bicyclic) bond motifs is 1. The second kappa shape index (κ2) is 4.76. The van der Waals surface area contributed by atoms with E-state index in [1.165, 1.54) is 18.2 Å². The molecule has 0 saturated carbocycles. The number of benzene rings is 2. The van der Waals surface area contributed by atoms with E-state index in [9.17, 15) is 10.0 Å². The molecule has 5 heteroatoms. The van der Waals surface area contributed by atoms with Crippen LogP contribution < -0.4 is 4.74 Å². The lowest BCUT2D eigenvalue weighted by atomic mass is 10.0. The third-order valence-corrected chi connectivity index (χ3v) is 3.37. The summed E-state index contributed by atoms with van der Waals surface area (Å²) in [6.45, 7) is 0. The Kier molecular flexibility index (Phi) is 2.92. The van der Waals surface area contributed by atoms with Crippen molar-refractivity contribution in [3.8, 4) is 11.8 Å². The number of rotatable bonds is 2. The molecule has 0 spiro atoms. The number of methoxy groups -OCH3 is 1. The van der Waals surface area contributed by atoms with Gasteiger partial charge in [0.25, 0.3) is 11.5 Å². The largest absolute Gasteiger partial charge is 0.618 e. The third kappa shape index (κ3) is 1.94. The first-order valence-corrected chi connectivity index (χ1v) is 6.23. The van der Waals surface area contributed by atoms with Crippen LogP contribution in [0.15, 0.2) is 42.5 Å². The Morgan fingerprint density at radius 2 is 1.90 bits per heavy atom. The van der Waals surface area contributed by atoms with Crippen LogP contribution in [0.2, 0.25) is 0 Å². The van der Waals surface area contributed by atoms with Crippen LogP contribution in [0.5, 0.6) is 5.75 Å². The summed E-state index contributed by atoms with van der Waals surface area (Å²) in [6, 6.07) is 13.1. The fourth-order valence-corrected chi connectivity index (χ4v) is 2.30. The predicted octanol–water partition coefficient (Wildman–Crippen LogP) is 2.39. The number of ketones is 1. The highest BCUT2D eigenvalue weighted by Crippen LogP contribution is 2.29. The Hall–Kier alpha value is -3.13. The van der Waals surface area contributed by atoms with Crippen molar-refractivity contribution in [2.45, 2.75) is 0 Å². The van der Waals surface area contributed by atoms with Gasteiger partial charge in [0.05, 0.1) is 24.3 Å². The first-order chi connectivity index (χ1) is 10.2. The minimum Gasteiger partial charge on any atom is -0.618 e. The van der Waals surface area contributed by atoms with E-state index in [0.717, 1.165) is 0 Å². The van der Waals surface area contributed by atoms with Gasteiger partial charge in [-0.25, -0.2) is 0 Å². The number of carbonyl (C=O) groups is 1. The van der Waals surface area contributed by atoms with Crippen molar-refractivity contribution in [1.82, 2.24) is 0 Å². The zero-order valence-electron chi connectivity index (χ0n) is 11.2. The van der Waals surface area contributed by atoms with Gasteiger partial charge < -0.3 is 9.94 Å². The molecule has 0 amide bonds. The van der Waals surface area contributed by atoms with Gasteiger partial charge in [0.1, 0.15) is 11.3 Å². The predicted molar refractivity (Wildman–Crippen MR) is 75.9 cm³/mol. The molecule has 0 saturated heterocycles. The quantitative estimate of drug-likeness (QED) is 0.624. The minimum absolute atomic E-state index is 0.0581. The Labute approximate surface area is 120 Å². The molecule has 0 radical (unpaired) electrons. The van der Waals surface area contributed by atoms with Gasteiger partial charge in [-0.1, -0.05) is 0 Å². The van der Waals surface area contributed by atoms with Crippen molar-refractivity contribution < 1.29 is 14.3 Å². The van der Waals surface area contributed by atoms with Crippen LogP contribution in [-0.4, -0.2) is 23.3 Å². The Morgan fingerprint density at radius 3 is 2.52 bits per heavy atom. The normalized spacial score (nSPS) is 13.0. The zero-order valence-corrected chi connectivity index (χ0v) is 11.2. The molecule has 2 aromatic rings. The van der Waals surface area contributed by atoms with Crippen molar-refractivity contribution in [2.24, 2.45) is 0 Å². The summed E-state index contributed by atoms with van der Waals surface area (Å²) < 4.78 is 5.67. The molecule has 0 aliphatic carbocycles. The third-order valence-electron chi connectivity index (χ3n) is 3.37. The SMILES string of the molecule is COc1ccc(C2=[N+]([O-])c3ccc(C#N)cc3C2=O)cc1. The molecule has 1 heterocycles. The van der Waals surface area contributed by atoms with Gasteiger partial charge in [-0.05, 0) is 36.4 Å². The molecule has 5 nitrogen and oxygen atoms in total. The monoisotopic (exact) mass is 278 g/mol. The molecule has 0 bridgehead atoms. The summed E-state index contributed by atoms with van der Waals surface area (Å²) >= 11 is 0. The fraction of sp³-hybridized carbons (Fsp3) is 0.0625. The van der Waals surface area contributed by atoms with Crippen molar-refractivity contribution >= 4 is 17.2 Å². The maximum absolute atomic E-state index is 12.4. The van der Waals surface area contributed by atoms with Crippen LogP contribution >= 0.6 is 0 Å². The van der Waals surface area contributed by atoms with Gasteiger partial charge in [0.15, 0.2) is 0 Å². The summed E-state index contributed by atoms with van der Waals surface area (Å²) in [6.07, 6.45) is 0. The molecular formula is C16H10N2O3. The second-order valence-electron chi connectivity index (χ2n) is 4.54. The average Bonchev–Trinajstić information content (AvgIpc) is 2.78. The molecule has 0 N–H and O–H groups in total. The number of nitriles is 1. The fourth-order valence-electron chi connectivity index (χ4n) is 2.30. The van der Waals surface area contributed by atoms with Crippen LogP contribution in [0.4, 0.5) is 5.69 Å². The number of carbonyl (C=O) groups excluding carboxylic acids is 1. The zero-order chi connectivity index (χ0) is 15.0. The second-order valence-corrected chi connectivity index (χ2v) is 4.54. The van der Waals surface area contributed by atoms with Gasteiger partial charge in [-0.3, -0.25) is 4.79 Å². The lowest BCUT2D eigenvalue weighted by Gasteiger charge is -2.03. The highest BCUT2D eigenvalue weighted by atomic mass is 16.5. The van der Waals surface area contributed by atoms with E-state index in [-0.39, 0.29) is 22.7 Å². The summed E-state index contributed by atoms with van der Waals surface area (Å²) in [5.74, 6) is 0.272. The Balaban J connectivity index is 2.10. The lowest BCUT2D eigenvalue weighted by Crippen LogP contribution is -2.16. The van der Waals surface area contributed by atoms with Crippen LogP contribution in [0.1, 0.15) is 21.5 Å².